The second kappa shape index (κ2) is 12.1. The number of aliphatic hydroxyl groups is 1. The molecule has 28 heavy (non-hydrogen) atoms. The van der Waals surface area contributed by atoms with Gasteiger partial charge in [0.05, 0.1) is 0 Å². The third-order valence-corrected chi connectivity index (χ3v) is 4.36. The van der Waals surface area contributed by atoms with Crippen LogP contribution in [0.3, 0.4) is 0 Å². The van der Waals surface area contributed by atoms with E-state index >= 15 is 0 Å². The Hall–Kier alpha value is -2.40. The van der Waals surface area contributed by atoms with Crippen molar-refractivity contribution in [3.63, 3.8) is 0 Å². The minimum atomic E-state index is -0.538. The molecule has 0 aliphatic rings. The molecule has 0 amide bonds. The molecule has 0 aromatic heterocycles. The van der Waals surface area contributed by atoms with Gasteiger partial charge >= 0.3 is 0 Å². The summed E-state index contributed by atoms with van der Waals surface area (Å²) in [5.74, 6) is 0.771. The number of aliphatic hydroxyl groups excluding tert-OH is 1. The van der Waals surface area contributed by atoms with E-state index in [1.165, 1.54) is 11.1 Å². The first kappa shape index (κ1) is 21.9. The van der Waals surface area contributed by atoms with E-state index in [-0.39, 0.29) is 6.61 Å². The molecule has 0 fully saturated rings. The summed E-state index contributed by atoms with van der Waals surface area (Å²) in [6.07, 6.45) is 3.26. The molecule has 150 valence electrons. The Bertz CT molecular complexity index is 690. The van der Waals surface area contributed by atoms with E-state index in [4.69, 9.17) is 4.74 Å². The summed E-state index contributed by atoms with van der Waals surface area (Å²) >= 11 is 0. The molecule has 0 spiro atoms. The van der Waals surface area contributed by atoms with Gasteiger partial charge in [0.15, 0.2) is 0 Å². The zero-order chi connectivity index (χ0) is 20.2. The average Bonchev–Trinajstić information content (AvgIpc) is 2.68. The van der Waals surface area contributed by atoms with Crippen LogP contribution in [0.5, 0.6) is 5.75 Å². The molecule has 0 saturated heterocycles. The number of benzene rings is 2. The van der Waals surface area contributed by atoms with Crippen LogP contribution in [0.4, 0.5) is 0 Å². The number of hydrogen-bond acceptors (Lipinski definition) is 4. The van der Waals surface area contributed by atoms with Crippen LogP contribution in [-0.4, -0.2) is 54.3 Å². The van der Waals surface area contributed by atoms with E-state index < -0.39 is 6.10 Å². The number of nitrogens with zero attached hydrogens (tertiary/aromatic N) is 2. The fraction of sp³-hybridized carbons (Fsp3) is 0.333. The van der Waals surface area contributed by atoms with Crippen molar-refractivity contribution < 1.29 is 9.84 Å². The summed E-state index contributed by atoms with van der Waals surface area (Å²) in [5.41, 5.74) is 2.44. The van der Waals surface area contributed by atoms with Crippen molar-refractivity contribution in [2.24, 2.45) is 0 Å². The van der Waals surface area contributed by atoms with Crippen LogP contribution in [0.1, 0.15) is 11.1 Å². The number of likely N-dealkylation sites (N-methyl/N-ethyl adjacent to an activating group) is 1. The van der Waals surface area contributed by atoms with Crippen molar-refractivity contribution in [2.75, 3.05) is 33.3 Å². The van der Waals surface area contributed by atoms with E-state index in [0.717, 1.165) is 31.9 Å². The summed E-state index contributed by atoms with van der Waals surface area (Å²) in [5, 5.41) is 10.3. The lowest BCUT2D eigenvalue weighted by atomic mass is 10.2. The maximum Gasteiger partial charge on any atom is 0.119 e. The zero-order valence-electron chi connectivity index (χ0n) is 16.8. The molecule has 1 N–H and O–H groups in total. The number of hydrogen-bond donors (Lipinski definition) is 1. The highest BCUT2D eigenvalue weighted by atomic mass is 16.5. The van der Waals surface area contributed by atoms with Gasteiger partial charge in [-0.1, -0.05) is 54.6 Å². The Morgan fingerprint density at radius 3 is 2.14 bits per heavy atom. The van der Waals surface area contributed by atoms with Gasteiger partial charge in [0, 0.05) is 32.7 Å². The number of rotatable bonds is 13. The first-order valence-electron chi connectivity index (χ1n) is 9.67. The largest absolute Gasteiger partial charge is 0.491 e. The van der Waals surface area contributed by atoms with Crippen LogP contribution in [0.15, 0.2) is 79.9 Å². The molecule has 0 aliphatic heterocycles. The normalized spacial score (nSPS) is 12.1. The van der Waals surface area contributed by atoms with Crippen LogP contribution in [0, 0.1) is 0 Å². The van der Waals surface area contributed by atoms with Crippen molar-refractivity contribution in [3.8, 4) is 5.75 Å². The molecule has 0 unspecified atom stereocenters. The van der Waals surface area contributed by atoms with Gasteiger partial charge in [-0.05, 0) is 30.3 Å². The third kappa shape index (κ3) is 8.09. The fourth-order valence-electron chi connectivity index (χ4n) is 3.08. The van der Waals surface area contributed by atoms with Crippen LogP contribution in [-0.2, 0) is 13.1 Å². The van der Waals surface area contributed by atoms with Gasteiger partial charge in [-0.15, -0.1) is 13.2 Å². The number of ether oxygens (including phenoxy) is 1. The van der Waals surface area contributed by atoms with Crippen molar-refractivity contribution in [2.45, 2.75) is 19.2 Å². The SMILES string of the molecule is C=CCN(CC=C)Cc1ccc(OC[C@@H](O)CN(C)Cc2ccccc2)cc1. The highest BCUT2D eigenvalue weighted by Crippen LogP contribution is 2.14. The standard InChI is InChI=1S/C24H32N2O2/c1-4-15-26(16-5-2)18-22-11-13-24(14-12-22)28-20-23(27)19-25(3)17-21-9-7-6-8-10-21/h4-14,23,27H,1-2,15-20H2,3H3/t23-/m0/s1. The second-order valence-electron chi connectivity index (χ2n) is 7.06. The maximum atomic E-state index is 10.3. The van der Waals surface area contributed by atoms with Crippen LogP contribution in [0.2, 0.25) is 0 Å². The average molecular weight is 381 g/mol. The van der Waals surface area contributed by atoms with Crippen LogP contribution in [0.25, 0.3) is 0 Å². The van der Waals surface area contributed by atoms with Gasteiger partial charge in [-0.3, -0.25) is 9.80 Å². The van der Waals surface area contributed by atoms with E-state index in [2.05, 4.69) is 47.2 Å². The molecule has 0 aliphatic carbocycles. The summed E-state index contributed by atoms with van der Waals surface area (Å²) in [6.45, 7) is 11.7. The van der Waals surface area contributed by atoms with Gasteiger partial charge < -0.3 is 9.84 Å². The fourth-order valence-corrected chi connectivity index (χ4v) is 3.08. The van der Waals surface area contributed by atoms with Gasteiger partial charge in [-0.2, -0.15) is 0 Å². The Morgan fingerprint density at radius 1 is 0.929 bits per heavy atom. The van der Waals surface area contributed by atoms with Crippen molar-refractivity contribution in [1.82, 2.24) is 9.80 Å². The van der Waals surface area contributed by atoms with E-state index in [1.807, 2.05) is 49.5 Å². The molecule has 0 bridgehead atoms. The maximum absolute atomic E-state index is 10.3. The molecular weight excluding hydrogens is 348 g/mol. The van der Waals surface area contributed by atoms with E-state index in [9.17, 15) is 5.11 Å². The third-order valence-electron chi connectivity index (χ3n) is 4.36. The molecule has 4 heteroatoms. The lowest BCUT2D eigenvalue weighted by Crippen LogP contribution is -2.32. The highest BCUT2D eigenvalue weighted by molar-refractivity contribution is 5.27. The molecular formula is C24H32N2O2. The van der Waals surface area contributed by atoms with Crippen molar-refractivity contribution in [1.29, 1.82) is 0 Å². The predicted molar refractivity (Wildman–Crippen MR) is 116 cm³/mol. The second-order valence-corrected chi connectivity index (χ2v) is 7.06. The Morgan fingerprint density at radius 2 is 1.54 bits per heavy atom. The van der Waals surface area contributed by atoms with E-state index in [1.54, 1.807) is 0 Å². The highest BCUT2D eigenvalue weighted by Gasteiger charge is 2.10. The predicted octanol–water partition coefficient (Wildman–Crippen LogP) is 3.73. The Kier molecular flexibility index (Phi) is 9.49. The molecule has 2 aromatic rings. The summed E-state index contributed by atoms with van der Waals surface area (Å²) in [6, 6.07) is 18.3. The van der Waals surface area contributed by atoms with Crippen LogP contribution >= 0.6 is 0 Å². The lowest BCUT2D eigenvalue weighted by molar-refractivity contribution is 0.0744. The topological polar surface area (TPSA) is 35.9 Å². The zero-order valence-corrected chi connectivity index (χ0v) is 16.8. The Labute approximate surface area is 169 Å². The quantitative estimate of drug-likeness (QED) is 0.537. The van der Waals surface area contributed by atoms with Gasteiger partial charge in [0.1, 0.15) is 18.5 Å². The molecule has 0 heterocycles. The van der Waals surface area contributed by atoms with Crippen LogP contribution < -0.4 is 4.74 Å². The monoisotopic (exact) mass is 380 g/mol. The van der Waals surface area contributed by atoms with Gasteiger partial charge in [0.2, 0.25) is 0 Å². The molecule has 2 rings (SSSR count). The van der Waals surface area contributed by atoms with E-state index in [0.29, 0.717) is 6.54 Å². The molecule has 2 aromatic carbocycles. The molecule has 0 saturated carbocycles. The molecule has 1 atom stereocenters. The summed E-state index contributed by atoms with van der Waals surface area (Å²) < 4.78 is 5.75. The molecule has 0 radical (unpaired) electrons. The van der Waals surface area contributed by atoms with Crippen molar-refractivity contribution in [3.05, 3.63) is 91.0 Å². The lowest BCUT2D eigenvalue weighted by Gasteiger charge is -2.21. The summed E-state index contributed by atoms with van der Waals surface area (Å²) in [7, 11) is 2.00. The first-order chi connectivity index (χ1) is 13.6. The first-order valence-corrected chi connectivity index (χ1v) is 9.67. The smallest absolute Gasteiger partial charge is 0.119 e. The van der Waals surface area contributed by atoms with Gasteiger partial charge in [0.25, 0.3) is 0 Å². The Balaban J connectivity index is 1.75. The minimum Gasteiger partial charge on any atom is -0.491 e. The summed E-state index contributed by atoms with van der Waals surface area (Å²) in [4.78, 5) is 4.35. The van der Waals surface area contributed by atoms with Crippen molar-refractivity contribution >= 4 is 0 Å². The molecule has 4 nitrogen and oxygen atoms in total. The van der Waals surface area contributed by atoms with Gasteiger partial charge in [-0.25, -0.2) is 0 Å². The minimum absolute atomic E-state index is 0.275.